The molecule has 0 radical (unpaired) electrons. The Morgan fingerprint density at radius 1 is 1.19 bits per heavy atom. The Labute approximate surface area is 126 Å². The quantitative estimate of drug-likeness (QED) is 0.757. The fourth-order valence-electron chi connectivity index (χ4n) is 2.02. The third-order valence-electron chi connectivity index (χ3n) is 3.09. The van der Waals surface area contributed by atoms with Gasteiger partial charge in [-0.2, -0.15) is 4.98 Å². The van der Waals surface area contributed by atoms with E-state index in [0.717, 1.165) is 36.8 Å². The topological polar surface area (TPSA) is 50.3 Å². The lowest BCUT2D eigenvalue weighted by molar-refractivity contribution is 0.276. The van der Waals surface area contributed by atoms with Gasteiger partial charge in [0, 0.05) is 13.1 Å². The highest BCUT2D eigenvalue weighted by molar-refractivity contribution is 5.84. The molecule has 1 aromatic carbocycles. The molecule has 0 saturated heterocycles. The van der Waals surface area contributed by atoms with Crippen LogP contribution in [0.5, 0.6) is 5.88 Å². The molecule has 0 saturated carbocycles. The second kappa shape index (κ2) is 7.78. The number of hydrogen-bond acceptors (Lipinski definition) is 5. The summed E-state index contributed by atoms with van der Waals surface area (Å²) in [6, 6.07) is 7.95. The second-order valence-electron chi connectivity index (χ2n) is 5.30. The zero-order chi connectivity index (χ0) is 15.1. The largest absolute Gasteiger partial charge is 0.477 e. The molecule has 0 spiro atoms. The lowest BCUT2D eigenvalue weighted by Crippen LogP contribution is -2.16. The highest BCUT2D eigenvalue weighted by Gasteiger charge is 2.08. The molecule has 0 aliphatic rings. The monoisotopic (exact) mass is 288 g/mol. The molecule has 21 heavy (non-hydrogen) atoms. The van der Waals surface area contributed by atoms with E-state index in [0.29, 0.717) is 18.4 Å². The molecule has 0 aliphatic heterocycles. The van der Waals surface area contributed by atoms with Gasteiger partial charge >= 0.3 is 0 Å². The number of hydrogen-bond donors (Lipinski definition) is 1. The smallest absolute Gasteiger partial charge is 0.226 e. The van der Waals surface area contributed by atoms with Crippen molar-refractivity contribution in [3.63, 3.8) is 0 Å². The van der Waals surface area contributed by atoms with Crippen molar-refractivity contribution < 1.29 is 4.74 Å². The number of aromatic nitrogens is 2. The molecule has 2 rings (SSSR count). The molecule has 1 N–H and O–H groups in total. The molecular formula is C16H24N4O. The van der Waals surface area contributed by atoms with Crippen LogP contribution in [-0.4, -0.2) is 48.7 Å². The lowest BCUT2D eigenvalue weighted by atomic mass is 10.2. The van der Waals surface area contributed by atoms with Crippen molar-refractivity contribution in [2.75, 3.05) is 39.1 Å². The number of ether oxygens (including phenoxy) is 1. The number of nitrogens with zero attached hydrogens (tertiary/aromatic N) is 3. The van der Waals surface area contributed by atoms with E-state index in [9.17, 15) is 0 Å². The number of benzene rings is 1. The van der Waals surface area contributed by atoms with Crippen molar-refractivity contribution in [3.8, 4) is 5.88 Å². The summed E-state index contributed by atoms with van der Waals surface area (Å²) < 4.78 is 5.87. The van der Waals surface area contributed by atoms with Crippen LogP contribution in [0.2, 0.25) is 0 Å². The van der Waals surface area contributed by atoms with E-state index in [1.165, 1.54) is 0 Å². The van der Waals surface area contributed by atoms with Crippen LogP contribution in [0.4, 0.5) is 5.95 Å². The molecule has 5 heteroatoms. The van der Waals surface area contributed by atoms with Gasteiger partial charge in [0.05, 0.1) is 17.5 Å². The van der Waals surface area contributed by atoms with E-state index in [2.05, 4.69) is 41.2 Å². The molecule has 5 nitrogen and oxygen atoms in total. The molecule has 114 valence electrons. The lowest BCUT2D eigenvalue weighted by Gasteiger charge is -2.12. The molecule has 0 bridgehead atoms. The Bertz CT molecular complexity index is 571. The SMILES string of the molecule is CCCNc1nc(OCCCN(C)C)c2ccccc2n1. The summed E-state index contributed by atoms with van der Waals surface area (Å²) >= 11 is 0. The van der Waals surface area contributed by atoms with E-state index in [4.69, 9.17) is 4.74 Å². The van der Waals surface area contributed by atoms with Gasteiger partial charge in [-0.3, -0.25) is 0 Å². The van der Waals surface area contributed by atoms with E-state index < -0.39 is 0 Å². The van der Waals surface area contributed by atoms with Crippen molar-refractivity contribution >= 4 is 16.9 Å². The average Bonchev–Trinajstić information content (AvgIpc) is 2.49. The summed E-state index contributed by atoms with van der Waals surface area (Å²) in [7, 11) is 4.12. The van der Waals surface area contributed by atoms with E-state index in [1.54, 1.807) is 0 Å². The van der Waals surface area contributed by atoms with Gasteiger partial charge in [-0.15, -0.1) is 0 Å². The first-order chi connectivity index (χ1) is 10.2. The van der Waals surface area contributed by atoms with Crippen molar-refractivity contribution in [1.82, 2.24) is 14.9 Å². The van der Waals surface area contributed by atoms with Gasteiger partial charge in [0.15, 0.2) is 0 Å². The predicted molar refractivity (Wildman–Crippen MR) is 87.0 cm³/mol. The zero-order valence-corrected chi connectivity index (χ0v) is 13.1. The van der Waals surface area contributed by atoms with Crippen LogP contribution in [0.25, 0.3) is 10.9 Å². The Hall–Kier alpha value is -1.88. The summed E-state index contributed by atoms with van der Waals surface area (Å²) in [5.74, 6) is 1.30. The predicted octanol–water partition coefficient (Wildman–Crippen LogP) is 2.78. The summed E-state index contributed by atoms with van der Waals surface area (Å²) in [6.45, 7) is 4.64. The Morgan fingerprint density at radius 3 is 2.76 bits per heavy atom. The van der Waals surface area contributed by atoms with Gasteiger partial charge in [0.25, 0.3) is 0 Å². The molecule has 0 fully saturated rings. The van der Waals surface area contributed by atoms with Crippen molar-refractivity contribution in [1.29, 1.82) is 0 Å². The first kappa shape index (κ1) is 15.5. The Morgan fingerprint density at radius 2 is 2.00 bits per heavy atom. The number of fused-ring (bicyclic) bond motifs is 1. The van der Waals surface area contributed by atoms with Crippen LogP contribution in [0.1, 0.15) is 19.8 Å². The Kier molecular flexibility index (Phi) is 5.75. The molecular weight excluding hydrogens is 264 g/mol. The molecule has 0 aliphatic carbocycles. The highest BCUT2D eigenvalue weighted by atomic mass is 16.5. The van der Waals surface area contributed by atoms with Crippen molar-refractivity contribution in [3.05, 3.63) is 24.3 Å². The highest BCUT2D eigenvalue weighted by Crippen LogP contribution is 2.23. The van der Waals surface area contributed by atoms with Gasteiger partial charge in [-0.1, -0.05) is 19.1 Å². The maximum Gasteiger partial charge on any atom is 0.226 e. The first-order valence-corrected chi connectivity index (χ1v) is 7.49. The third-order valence-corrected chi connectivity index (χ3v) is 3.09. The van der Waals surface area contributed by atoms with Crippen LogP contribution in [0.15, 0.2) is 24.3 Å². The number of anilines is 1. The van der Waals surface area contributed by atoms with Crippen LogP contribution >= 0.6 is 0 Å². The molecule has 1 heterocycles. The second-order valence-corrected chi connectivity index (χ2v) is 5.30. The molecule has 0 unspecified atom stereocenters. The van der Waals surface area contributed by atoms with Crippen LogP contribution in [0.3, 0.4) is 0 Å². The summed E-state index contributed by atoms with van der Waals surface area (Å²) in [5.41, 5.74) is 0.911. The first-order valence-electron chi connectivity index (χ1n) is 7.49. The van der Waals surface area contributed by atoms with Crippen LogP contribution < -0.4 is 10.1 Å². The number of rotatable bonds is 8. The Balaban J connectivity index is 2.14. The number of para-hydroxylation sites is 1. The normalized spacial score (nSPS) is 11.0. The summed E-state index contributed by atoms with van der Waals surface area (Å²) in [6.07, 6.45) is 2.01. The van der Waals surface area contributed by atoms with E-state index in [1.807, 2.05) is 24.3 Å². The van der Waals surface area contributed by atoms with Crippen molar-refractivity contribution in [2.24, 2.45) is 0 Å². The average molecular weight is 288 g/mol. The standard InChI is InChI=1S/C16H24N4O/c1-4-10-17-16-18-14-9-6-5-8-13(14)15(19-16)21-12-7-11-20(2)3/h5-6,8-9H,4,7,10-12H2,1-3H3,(H,17,18,19). The van der Waals surface area contributed by atoms with Crippen molar-refractivity contribution in [2.45, 2.75) is 19.8 Å². The number of nitrogens with one attached hydrogen (secondary N) is 1. The van der Waals surface area contributed by atoms with Gasteiger partial charge in [-0.25, -0.2) is 4.98 Å². The molecule has 2 aromatic rings. The zero-order valence-electron chi connectivity index (χ0n) is 13.1. The van der Waals surface area contributed by atoms with E-state index in [-0.39, 0.29) is 0 Å². The van der Waals surface area contributed by atoms with Crippen LogP contribution in [-0.2, 0) is 0 Å². The maximum atomic E-state index is 5.87. The fourth-order valence-corrected chi connectivity index (χ4v) is 2.02. The van der Waals surface area contributed by atoms with Gasteiger partial charge in [-0.05, 0) is 39.1 Å². The summed E-state index contributed by atoms with van der Waals surface area (Å²) in [5, 5.41) is 4.19. The van der Waals surface area contributed by atoms with Gasteiger partial charge in [0.1, 0.15) is 0 Å². The maximum absolute atomic E-state index is 5.87. The molecule has 0 atom stereocenters. The minimum Gasteiger partial charge on any atom is -0.477 e. The summed E-state index contributed by atoms with van der Waals surface area (Å²) in [4.78, 5) is 11.2. The van der Waals surface area contributed by atoms with Gasteiger partial charge in [0.2, 0.25) is 11.8 Å². The molecule has 1 aromatic heterocycles. The minimum atomic E-state index is 0.637. The molecule has 0 amide bonds. The van der Waals surface area contributed by atoms with Crippen LogP contribution in [0, 0.1) is 0 Å². The van der Waals surface area contributed by atoms with Gasteiger partial charge < -0.3 is 15.0 Å². The van der Waals surface area contributed by atoms with E-state index >= 15 is 0 Å². The minimum absolute atomic E-state index is 0.637. The fraction of sp³-hybridized carbons (Fsp3) is 0.500. The third kappa shape index (κ3) is 4.56.